The fourth-order valence-corrected chi connectivity index (χ4v) is 2.49. The van der Waals surface area contributed by atoms with Gasteiger partial charge in [0.05, 0.1) is 12.1 Å². The van der Waals surface area contributed by atoms with Crippen LogP contribution in [0.2, 0.25) is 0 Å². The Morgan fingerprint density at radius 1 is 1.15 bits per heavy atom. The fourth-order valence-electron chi connectivity index (χ4n) is 2.49. The summed E-state index contributed by atoms with van der Waals surface area (Å²) in [6, 6.07) is 9.99. The zero-order valence-electron chi connectivity index (χ0n) is 13.3. The molecule has 2 atom stereocenters. The zero-order valence-corrected chi connectivity index (χ0v) is 13.3. The van der Waals surface area contributed by atoms with Crippen LogP contribution in [-0.2, 0) is 4.79 Å². The summed E-state index contributed by atoms with van der Waals surface area (Å²) in [6.07, 6.45) is 0.888. The molecule has 20 heavy (non-hydrogen) atoms. The van der Waals surface area contributed by atoms with Gasteiger partial charge in [-0.3, -0.25) is 4.79 Å². The van der Waals surface area contributed by atoms with Gasteiger partial charge in [-0.25, -0.2) is 0 Å². The van der Waals surface area contributed by atoms with Gasteiger partial charge in [-0.1, -0.05) is 51.1 Å². The predicted molar refractivity (Wildman–Crippen MR) is 84.3 cm³/mol. The number of rotatable bonds is 6. The summed E-state index contributed by atoms with van der Waals surface area (Å²) in [7, 11) is 0. The minimum atomic E-state index is -0.435. The summed E-state index contributed by atoms with van der Waals surface area (Å²) in [5.74, 6) is 0.197. The van der Waals surface area contributed by atoms with Crippen molar-refractivity contribution in [3.05, 3.63) is 35.9 Å². The number of amides is 1. The molecule has 1 rings (SSSR count). The topological polar surface area (TPSA) is 46.3 Å². The second kappa shape index (κ2) is 7.44. The molecule has 0 saturated carbocycles. The molecular formula is C17H28N2O. The van der Waals surface area contributed by atoms with Crippen molar-refractivity contribution < 1.29 is 4.79 Å². The lowest BCUT2D eigenvalue weighted by molar-refractivity contribution is -0.138. The molecule has 0 heterocycles. The SMILES string of the molecule is CCC(c1ccccc1)N(C(=O)[C@@H](N)C(C)C)C(C)C. The molecule has 3 heteroatoms. The smallest absolute Gasteiger partial charge is 0.240 e. The van der Waals surface area contributed by atoms with Crippen molar-refractivity contribution in [2.24, 2.45) is 11.7 Å². The second-order valence-corrected chi connectivity index (χ2v) is 5.94. The third-order valence-electron chi connectivity index (χ3n) is 3.72. The molecule has 0 fully saturated rings. The van der Waals surface area contributed by atoms with Crippen molar-refractivity contribution >= 4 is 5.91 Å². The molecule has 2 N–H and O–H groups in total. The average molecular weight is 276 g/mol. The van der Waals surface area contributed by atoms with Gasteiger partial charge in [0.1, 0.15) is 0 Å². The van der Waals surface area contributed by atoms with Gasteiger partial charge in [0.25, 0.3) is 0 Å². The molecule has 3 nitrogen and oxygen atoms in total. The third kappa shape index (κ3) is 3.83. The number of hydrogen-bond donors (Lipinski definition) is 1. The normalized spacial score (nSPS) is 14.4. The molecule has 0 aliphatic carbocycles. The van der Waals surface area contributed by atoms with Gasteiger partial charge in [0.15, 0.2) is 0 Å². The van der Waals surface area contributed by atoms with Gasteiger partial charge in [-0.05, 0) is 31.7 Å². The minimum Gasteiger partial charge on any atom is -0.332 e. The quantitative estimate of drug-likeness (QED) is 0.866. The molecule has 1 amide bonds. The van der Waals surface area contributed by atoms with Crippen molar-refractivity contribution in [1.29, 1.82) is 0 Å². The third-order valence-corrected chi connectivity index (χ3v) is 3.72. The molecule has 0 saturated heterocycles. The summed E-state index contributed by atoms with van der Waals surface area (Å²) in [5, 5.41) is 0. The first-order valence-corrected chi connectivity index (χ1v) is 7.52. The average Bonchev–Trinajstić information content (AvgIpc) is 2.43. The predicted octanol–water partition coefficient (Wildman–Crippen LogP) is 3.36. The number of hydrogen-bond acceptors (Lipinski definition) is 2. The van der Waals surface area contributed by atoms with Crippen molar-refractivity contribution in [2.45, 2.75) is 59.2 Å². The van der Waals surface area contributed by atoms with Gasteiger partial charge >= 0.3 is 0 Å². The Hall–Kier alpha value is -1.35. The first kappa shape index (κ1) is 16.7. The number of benzene rings is 1. The summed E-state index contributed by atoms with van der Waals surface area (Å²) in [6.45, 7) is 10.2. The Labute approximate surface area is 123 Å². The molecule has 0 spiro atoms. The first-order valence-electron chi connectivity index (χ1n) is 7.52. The van der Waals surface area contributed by atoms with Crippen LogP contribution in [0.15, 0.2) is 30.3 Å². The number of nitrogens with two attached hydrogens (primary N) is 1. The number of carbonyl (C=O) groups is 1. The van der Waals surface area contributed by atoms with E-state index in [0.29, 0.717) is 0 Å². The highest BCUT2D eigenvalue weighted by Crippen LogP contribution is 2.27. The lowest BCUT2D eigenvalue weighted by atomic mass is 9.97. The molecule has 1 aromatic rings. The highest BCUT2D eigenvalue weighted by atomic mass is 16.2. The lowest BCUT2D eigenvalue weighted by Gasteiger charge is -2.37. The molecular weight excluding hydrogens is 248 g/mol. The Morgan fingerprint density at radius 3 is 2.10 bits per heavy atom. The van der Waals surface area contributed by atoms with Gasteiger partial charge < -0.3 is 10.6 Å². The standard InChI is InChI=1S/C17H28N2O/c1-6-15(14-10-8-7-9-11-14)19(13(4)5)17(20)16(18)12(2)3/h7-13,15-16H,6,18H2,1-5H3/t15?,16-/m0/s1. The van der Waals surface area contributed by atoms with E-state index in [4.69, 9.17) is 5.73 Å². The van der Waals surface area contributed by atoms with E-state index in [-0.39, 0.29) is 23.9 Å². The Bertz CT molecular complexity index is 414. The van der Waals surface area contributed by atoms with Crippen LogP contribution in [0.25, 0.3) is 0 Å². The van der Waals surface area contributed by atoms with Crippen LogP contribution in [0.4, 0.5) is 0 Å². The Kier molecular flexibility index (Phi) is 6.21. The molecule has 0 bridgehead atoms. The highest BCUT2D eigenvalue weighted by molar-refractivity contribution is 5.82. The number of carbonyl (C=O) groups excluding carboxylic acids is 1. The zero-order chi connectivity index (χ0) is 15.3. The first-order chi connectivity index (χ1) is 9.40. The van der Waals surface area contributed by atoms with Crippen molar-refractivity contribution in [2.75, 3.05) is 0 Å². The van der Waals surface area contributed by atoms with Crippen LogP contribution in [-0.4, -0.2) is 22.9 Å². The van der Waals surface area contributed by atoms with Crippen LogP contribution in [0.5, 0.6) is 0 Å². The molecule has 0 radical (unpaired) electrons. The van der Waals surface area contributed by atoms with E-state index in [1.165, 1.54) is 5.56 Å². The second-order valence-electron chi connectivity index (χ2n) is 5.94. The summed E-state index contributed by atoms with van der Waals surface area (Å²) >= 11 is 0. The highest BCUT2D eigenvalue weighted by Gasteiger charge is 2.31. The van der Waals surface area contributed by atoms with Gasteiger partial charge in [-0.2, -0.15) is 0 Å². The van der Waals surface area contributed by atoms with Crippen LogP contribution in [0, 0.1) is 5.92 Å². The largest absolute Gasteiger partial charge is 0.332 e. The minimum absolute atomic E-state index is 0.0469. The van der Waals surface area contributed by atoms with E-state index < -0.39 is 6.04 Å². The van der Waals surface area contributed by atoms with Gasteiger partial charge in [-0.15, -0.1) is 0 Å². The van der Waals surface area contributed by atoms with Crippen LogP contribution >= 0.6 is 0 Å². The van der Waals surface area contributed by atoms with E-state index in [9.17, 15) is 4.79 Å². The van der Waals surface area contributed by atoms with Crippen molar-refractivity contribution in [3.63, 3.8) is 0 Å². The van der Waals surface area contributed by atoms with E-state index in [0.717, 1.165) is 6.42 Å². The van der Waals surface area contributed by atoms with Crippen LogP contribution in [0.1, 0.15) is 52.6 Å². The molecule has 0 aromatic heterocycles. The van der Waals surface area contributed by atoms with Crippen molar-refractivity contribution in [1.82, 2.24) is 4.90 Å². The maximum atomic E-state index is 12.7. The van der Waals surface area contributed by atoms with Gasteiger partial charge in [0.2, 0.25) is 5.91 Å². The van der Waals surface area contributed by atoms with E-state index in [2.05, 4.69) is 32.9 Å². The van der Waals surface area contributed by atoms with Gasteiger partial charge in [0, 0.05) is 6.04 Å². The number of nitrogens with zero attached hydrogens (tertiary/aromatic N) is 1. The summed E-state index contributed by atoms with van der Waals surface area (Å²) in [4.78, 5) is 14.6. The summed E-state index contributed by atoms with van der Waals surface area (Å²) < 4.78 is 0. The molecule has 0 aliphatic heterocycles. The molecule has 0 aliphatic rings. The monoisotopic (exact) mass is 276 g/mol. The van der Waals surface area contributed by atoms with E-state index in [1.807, 2.05) is 36.9 Å². The van der Waals surface area contributed by atoms with Crippen LogP contribution < -0.4 is 5.73 Å². The lowest BCUT2D eigenvalue weighted by Crippen LogP contribution is -2.50. The fraction of sp³-hybridized carbons (Fsp3) is 0.588. The van der Waals surface area contributed by atoms with Crippen molar-refractivity contribution in [3.8, 4) is 0 Å². The van der Waals surface area contributed by atoms with Crippen LogP contribution in [0.3, 0.4) is 0 Å². The Balaban J connectivity index is 3.08. The maximum absolute atomic E-state index is 12.7. The van der Waals surface area contributed by atoms with E-state index >= 15 is 0 Å². The van der Waals surface area contributed by atoms with E-state index in [1.54, 1.807) is 0 Å². The molecule has 1 aromatic carbocycles. The Morgan fingerprint density at radius 2 is 1.70 bits per heavy atom. The maximum Gasteiger partial charge on any atom is 0.240 e. The molecule has 112 valence electrons. The summed E-state index contributed by atoms with van der Waals surface area (Å²) in [5.41, 5.74) is 7.25. The molecule has 1 unspecified atom stereocenters.